The first kappa shape index (κ1) is 12.0. The third kappa shape index (κ3) is 3.51. The van der Waals surface area contributed by atoms with Crippen LogP contribution in [-0.2, 0) is 9.59 Å². The Morgan fingerprint density at radius 3 is 2.67 bits per heavy atom. The summed E-state index contributed by atoms with van der Waals surface area (Å²) in [7, 11) is 0. The van der Waals surface area contributed by atoms with Crippen LogP contribution in [0.2, 0.25) is 0 Å². The molecule has 1 unspecified atom stereocenters. The molecule has 1 rings (SSSR count). The highest BCUT2D eigenvalue weighted by molar-refractivity contribution is 5.86. The van der Waals surface area contributed by atoms with Crippen molar-refractivity contribution < 1.29 is 14.7 Å². The molecular formula is C10H18N2O3. The third-order valence-corrected chi connectivity index (χ3v) is 2.59. The Balaban J connectivity index is 2.45. The Morgan fingerprint density at radius 1 is 1.67 bits per heavy atom. The summed E-state index contributed by atoms with van der Waals surface area (Å²) in [5, 5.41) is 8.77. The van der Waals surface area contributed by atoms with Crippen LogP contribution in [-0.4, -0.2) is 40.5 Å². The van der Waals surface area contributed by atoms with Crippen molar-refractivity contribution >= 4 is 11.9 Å². The number of carbonyl (C=O) groups excluding carboxylic acids is 1. The Morgan fingerprint density at radius 2 is 2.27 bits per heavy atom. The molecule has 15 heavy (non-hydrogen) atoms. The van der Waals surface area contributed by atoms with Crippen LogP contribution in [0.3, 0.4) is 0 Å². The highest BCUT2D eigenvalue weighted by atomic mass is 16.4. The molecule has 0 aromatic carbocycles. The van der Waals surface area contributed by atoms with Gasteiger partial charge in [0.2, 0.25) is 5.91 Å². The third-order valence-electron chi connectivity index (χ3n) is 2.59. The fourth-order valence-corrected chi connectivity index (χ4v) is 1.58. The molecule has 1 aliphatic heterocycles. The van der Waals surface area contributed by atoms with E-state index in [9.17, 15) is 9.59 Å². The van der Waals surface area contributed by atoms with Crippen LogP contribution in [0, 0.1) is 5.92 Å². The second kappa shape index (κ2) is 4.18. The van der Waals surface area contributed by atoms with Gasteiger partial charge in [-0.3, -0.25) is 9.59 Å². The molecule has 0 aromatic heterocycles. The van der Waals surface area contributed by atoms with E-state index in [-0.39, 0.29) is 17.9 Å². The Kier molecular flexibility index (Phi) is 3.34. The number of aliphatic carboxylic acids is 1. The second-order valence-corrected chi connectivity index (χ2v) is 4.82. The summed E-state index contributed by atoms with van der Waals surface area (Å²) in [6.45, 7) is 4.65. The van der Waals surface area contributed by atoms with Crippen LogP contribution in [0.1, 0.15) is 26.7 Å². The molecule has 0 bridgehead atoms. The maximum atomic E-state index is 11.4. The van der Waals surface area contributed by atoms with Crippen LogP contribution in [0.15, 0.2) is 0 Å². The lowest BCUT2D eigenvalue weighted by Gasteiger charge is -2.23. The number of nitrogens with two attached hydrogens (primary N) is 1. The maximum absolute atomic E-state index is 11.4. The highest BCUT2D eigenvalue weighted by Gasteiger charge is 2.34. The molecule has 1 saturated heterocycles. The summed E-state index contributed by atoms with van der Waals surface area (Å²) in [5.41, 5.74) is 5.48. The van der Waals surface area contributed by atoms with Crippen LogP contribution < -0.4 is 5.73 Å². The van der Waals surface area contributed by atoms with E-state index in [1.54, 1.807) is 4.90 Å². The zero-order valence-electron chi connectivity index (χ0n) is 9.19. The van der Waals surface area contributed by atoms with Gasteiger partial charge in [0.05, 0.1) is 5.92 Å². The fraction of sp³-hybridized carbons (Fsp3) is 0.800. The summed E-state index contributed by atoms with van der Waals surface area (Å²) in [6.07, 6.45) is 0.811. The fourth-order valence-electron chi connectivity index (χ4n) is 1.58. The monoisotopic (exact) mass is 214 g/mol. The van der Waals surface area contributed by atoms with Crippen molar-refractivity contribution in [1.29, 1.82) is 0 Å². The molecule has 5 nitrogen and oxygen atoms in total. The van der Waals surface area contributed by atoms with E-state index >= 15 is 0 Å². The Hall–Kier alpha value is -1.10. The van der Waals surface area contributed by atoms with Crippen molar-refractivity contribution in [3.8, 4) is 0 Å². The molecule has 1 atom stereocenters. The molecule has 0 radical (unpaired) electrons. The summed E-state index contributed by atoms with van der Waals surface area (Å²) >= 11 is 0. The minimum atomic E-state index is -0.891. The Bertz CT molecular complexity index is 270. The average molecular weight is 214 g/mol. The zero-order chi connectivity index (χ0) is 11.6. The van der Waals surface area contributed by atoms with Gasteiger partial charge in [-0.05, 0) is 20.3 Å². The zero-order valence-corrected chi connectivity index (χ0v) is 9.19. The average Bonchev–Trinajstić information content (AvgIpc) is 2.42. The van der Waals surface area contributed by atoms with Gasteiger partial charge in [0.15, 0.2) is 0 Å². The summed E-state index contributed by atoms with van der Waals surface area (Å²) < 4.78 is 0. The number of carboxylic acids is 1. The minimum absolute atomic E-state index is 0.0772. The molecule has 1 aliphatic rings. The predicted octanol–water partition coefficient (Wildman–Crippen LogP) is 0.0469. The highest BCUT2D eigenvalue weighted by Crippen LogP contribution is 2.19. The van der Waals surface area contributed by atoms with Gasteiger partial charge >= 0.3 is 5.97 Å². The molecule has 0 spiro atoms. The van der Waals surface area contributed by atoms with E-state index in [2.05, 4.69) is 0 Å². The van der Waals surface area contributed by atoms with Gasteiger partial charge in [0, 0.05) is 25.0 Å². The van der Waals surface area contributed by atoms with Crippen LogP contribution in [0.5, 0.6) is 0 Å². The molecule has 3 N–H and O–H groups in total. The molecule has 0 aromatic rings. The van der Waals surface area contributed by atoms with Crippen molar-refractivity contribution in [1.82, 2.24) is 4.90 Å². The minimum Gasteiger partial charge on any atom is -0.481 e. The smallest absolute Gasteiger partial charge is 0.308 e. The molecule has 1 fully saturated rings. The molecule has 1 heterocycles. The van der Waals surface area contributed by atoms with E-state index < -0.39 is 11.9 Å². The number of nitrogens with zero attached hydrogens (tertiary/aromatic N) is 1. The number of carboxylic acid groups (broad SMARTS) is 1. The number of likely N-dealkylation sites (tertiary alicyclic amines) is 1. The lowest BCUT2D eigenvalue weighted by Crippen LogP contribution is -2.38. The Labute approximate surface area is 89.2 Å². The van der Waals surface area contributed by atoms with E-state index in [0.29, 0.717) is 19.5 Å². The van der Waals surface area contributed by atoms with Crippen LogP contribution in [0.25, 0.3) is 0 Å². The first-order valence-electron chi connectivity index (χ1n) is 5.09. The van der Waals surface area contributed by atoms with Crippen molar-refractivity contribution in [2.24, 2.45) is 11.7 Å². The summed E-state index contributed by atoms with van der Waals surface area (Å²) in [4.78, 5) is 23.7. The van der Waals surface area contributed by atoms with E-state index in [1.807, 2.05) is 13.8 Å². The molecule has 86 valence electrons. The first-order valence-corrected chi connectivity index (χ1v) is 5.09. The van der Waals surface area contributed by atoms with Gasteiger partial charge in [0.25, 0.3) is 0 Å². The topological polar surface area (TPSA) is 83.6 Å². The number of carbonyl (C=O) groups is 2. The molecule has 5 heteroatoms. The summed E-state index contributed by atoms with van der Waals surface area (Å²) in [6, 6.07) is 0. The van der Waals surface area contributed by atoms with Gasteiger partial charge in [0.1, 0.15) is 0 Å². The van der Waals surface area contributed by atoms with Gasteiger partial charge in [-0.25, -0.2) is 0 Å². The normalized spacial score (nSPS) is 22.2. The molecule has 1 amide bonds. The number of amides is 1. The van der Waals surface area contributed by atoms with Crippen molar-refractivity contribution in [3.05, 3.63) is 0 Å². The van der Waals surface area contributed by atoms with Gasteiger partial charge in [-0.2, -0.15) is 0 Å². The lowest BCUT2D eigenvalue weighted by molar-refractivity contribution is -0.141. The van der Waals surface area contributed by atoms with Crippen molar-refractivity contribution in [2.45, 2.75) is 32.2 Å². The first-order chi connectivity index (χ1) is 6.79. The molecule has 0 aliphatic carbocycles. The van der Waals surface area contributed by atoms with Gasteiger partial charge in [-0.15, -0.1) is 0 Å². The summed E-state index contributed by atoms with van der Waals surface area (Å²) in [5.74, 6) is -1.51. The quantitative estimate of drug-likeness (QED) is 0.692. The van der Waals surface area contributed by atoms with Crippen LogP contribution in [0.4, 0.5) is 0 Å². The van der Waals surface area contributed by atoms with Crippen molar-refractivity contribution in [2.75, 3.05) is 13.1 Å². The molecule has 0 saturated carbocycles. The number of hydrogen-bond donors (Lipinski definition) is 2. The van der Waals surface area contributed by atoms with Crippen LogP contribution >= 0.6 is 0 Å². The predicted molar refractivity (Wildman–Crippen MR) is 55.2 cm³/mol. The van der Waals surface area contributed by atoms with Crippen molar-refractivity contribution in [3.63, 3.8) is 0 Å². The van der Waals surface area contributed by atoms with E-state index in [4.69, 9.17) is 10.8 Å². The lowest BCUT2D eigenvalue weighted by atomic mass is 10.0. The maximum Gasteiger partial charge on any atom is 0.308 e. The van der Waals surface area contributed by atoms with E-state index in [1.165, 1.54) is 0 Å². The van der Waals surface area contributed by atoms with E-state index in [0.717, 1.165) is 0 Å². The number of hydrogen-bond acceptors (Lipinski definition) is 3. The van der Waals surface area contributed by atoms with Gasteiger partial charge < -0.3 is 15.7 Å². The molecular weight excluding hydrogens is 196 g/mol. The second-order valence-electron chi connectivity index (χ2n) is 4.82. The van der Waals surface area contributed by atoms with Gasteiger partial charge in [-0.1, -0.05) is 0 Å². The SMILES string of the molecule is CC(C)(N)CCN1CC(C(=O)O)CC1=O. The standard InChI is InChI=1S/C10H18N2O3/c1-10(2,11)3-4-12-6-7(9(14)15)5-8(12)13/h7H,3-6,11H2,1-2H3,(H,14,15). The number of rotatable bonds is 4. The largest absolute Gasteiger partial charge is 0.481 e.